The van der Waals surface area contributed by atoms with Gasteiger partial charge in [-0.15, -0.1) is 24.8 Å². The van der Waals surface area contributed by atoms with Gasteiger partial charge in [0.1, 0.15) is 6.04 Å². The van der Waals surface area contributed by atoms with Crippen LogP contribution in [0.2, 0.25) is 0 Å². The van der Waals surface area contributed by atoms with E-state index in [4.69, 9.17) is 0 Å². The third-order valence-electron chi connectivity index (χ3n) is 3.16. The fraction of sp³-hybridized carbons (Fsp3) is 0.500. The summed E-state index contributed by atoms with van der Waals surface area (Å²) in [6.45, 7) is 2.06. The van der Waals surface area contributed by atoms with Crippen LogP contribution in [-0.4, -0.2) is 42.6 Å². The molecule has 0 unspecified atom stereocenters. The smallest absolute Gasteiger partial charge is 0.258 e. The number of aromatic hydroxyl groups is 1. The number of phenolic OH excluding ortho intramolecular Hbond substituents is 1. The molecule has 1 aromatic rings. The van der Waals surface area contributed by atoms with Gasteiger partial charge in [0.05, 0.1) is 0 Å². The Kier molecular flexibility index (Phi) is 8.96. The van der Waals surface area contributed by atoms with Gasteiger partial charge in [-0.1, -0.05) is 15.9 Å². The molecule has 0 spiro atoms. The summed E-state index contributed by atoms with van der Waals surface area (Å²) in [5.74, 6) is -1.60. The van der Waals surface area contributed by atoms with Gasteiger partial charge in [0.2, 0.25) is 0 Å². The molecule has 1 aromatic carbocycles. The van der Waals surface area contributed by atoms with Gasteiger partial charge in [-0.05, 0) is 12.1 Å². The van der Waals surface area contributed by atoms with E-state index in [-0.39, 0.29) is 30.4 Å². The zero-order valence-electron chi connectivity index (χ0n) is 10.9. The molecule has 0 bridgehead atoms. The van der Waals surface area contributed by atoms with Crippen LogP contribution in [0.1, 0.15) is 11.6 Å². The first kappa shape index (κ1) is 20.8. The molecular weight excluding hydrogens is 396 g/mol. The van der Waals surface area contributed by atoms with Crippen LogP contribution in [0.3, 0.4) is 0 Å². The minimum Gasteiger partial charge on any atom is -0.505 e. The molecule has 1 saturated heterocycles. The van der Waals surface area contributed by atoms with Crippen LogP contribution < -0.4 is 5.32 Å². The van der Waals surface area contributed by atoms with Crippen molar-refractivity contribution in [3.63, 3.8) is 0 Å². The summed E-state index contributed by atoms with van der Waals surface area (Å²) in [6, 6.07) is 1.10. The van der Waals surface area contributed by atoms with Gasteiger partial charge in [-0.2, -0.15) is 0 Å². The van der Waals surface area contributed by atoms with Crippen molar-refractivity contribution in [1.29, 1.82) is 0 Å². The van der Waals surface area contributed by atoms with Crippen LogP contribution in [0.25, 0.3) is 0 Å². The van der Waals surface area contributed by atoms with Crippen LogP contribution in [0, 0.1) is 5.82 Å². The number of hydrogen-bond acceptors (Lipinski definition) is 3. The molecule has 1 heterocycles. The van der Waals surface area contributed by atoms with Crippen molar-refractivity contribution in [2.45, 2.75) is 12.5 Å². The van der Waals surface area contributed by atoms with E-state index in [2.05, 4.69) is 21.2 Å². The summed E-state index contributed by atoms with van der Waals surface area (Å²) in [5.41, 5.74) is -0.0798. The Bertz CT molecular complexity index is 462. The monoisotopic (exact) mass is 410 g/mol. The minimum atomic E-state index is -2.70. The summed E-state index contributed by atoms with van der Waals surface area (Å²) in [6.07, 6.45) is -2.70. The van der Waals surface area contributed by atoms with E-state index in [1.165, 1.54) is 6.07 Å². The van der Waals surface area contributed by atoms with Gasteiger partial charge in [0, 0.05) is 36.2 Å². The molecule has 0 radical (unpaired) electrons. The van der Waals surface area contributed by atoms with E-state index in [1.807, 2.05) is 0 Å². The Hall–Kier alpha value is -0.210. The van der Waals surface area contributed by atoms with E-state index in [0.29, 0.717) is 30.7 Å². The van der Waals surface area contributed by atoms with Crippen molar-refractivity contribution >= 4 is 40.7 Å². The van der Waals surface area contributed by atoms with Gasteiger partial charge in [0.15, 0.2) is 11.6 Å². The molecule has 2 rings (SSSR count). The highest BCUT2D eigenvalue weighted by Gasteiger charge is 2.33. The standard InChI is InChI=1S/C12H14BrF3N2O.2ClH/c13-7-5-8(11(19)9(14)6-7)10(12(15)16)18-3-1-17-2-4-18;;/h5-6,10,12,17,19H,1-4H2;2*1H/t10-;;/m0../s1. The second kappa shape index (κ2) is 9.05. The highest BCUT2D eigenvalue weighted by atomic mass is 79.9. The molecule has 0 amide bonds. The Balaban J connectivity index is 0.00000200. The van der Waals surface area contributed by atoms with E-state index in [9.17, 15) is 18.3 Å². The van der Waals surface area contributed by atoms with Gasteiger partial charge < -0.3 is 10.4 Å². The maximum absolute atomic E-state index is 13.5. The molecule has 1 fully saturated rings. The number of phenols is 1. The first-order chi connectivity index (χ1) is 9.00. The average molecular weight is 412 g/mol. The number of nitrogens with one attached hydrogen (secondary N) is 1. The minimum absolute atomic E-state index is 0. The average Bonchev–Trinajstić information content (AvgIpc) is 2.36. The molecule has 3 nitrogen and oxygen atoms in total. The molecule has 0 saturated carbocycles. The van der Waals surface area contributed by atoms with Crippen molar-refractivity contribution in [2.24, 2.45) is 0 Å². The highest BCUT2D eigenvalue weighted by molar-refractivity contribution is 9.10. The van der Waals surface area contributed by atoms with Crippen molar-refractivity contribution in [2.75, 3.05) is 26.2 Å². The molecular formula is C12H16BrCl2F3N2O. The lowest BCUT2D eigenvalue weighted by Gasteiger charge is -2.35. The first-order valence-corrected chi connectivity index (χ1v) is 6.71. The Morgan fingerprint density at radius 1 is 1.19 bits per heavy atom. The predicted octanol–water partition coefficient (Wildman–Crippen LogP) is 3.35. The Morgan fingerprint density at radius 3 is 2.29 bits per heavy atom. The van der Waals surface area contributed by atoms with Gasteiger partial charge in [-0.25, -0.2) is 13.2 Å². The summed E-state index contributed by atoms with van der Waals surface area (Å²) in [4.78, 5) is 1.56. The van der Waals surface area contributed by atoms with Crippen LogP contribution in [-0.2, 0) is 0 Å². The SMILES string of the molecule is Cl.Cl.Oc1c(F)cc(Br)cc1[C@@H](C(F)F)N1CCNCC1. The number of piperazine rings is 1. The summed E-state index contributed by atoms with van der Waals surface area (Å²) < 4.78 is 40.4. The van der Waals surface area contributed by atoms with E-state index in [1.54, 1.807) is 4.90 Å². The van der Waals surface area contributed by atoms with Gasteiger partial charge in [-0.3, -0.25) is 4.90 Å². The largest absolute Gasteiger partial charge is 0.505 e. The third kappa shape index (κ3) is 4.89. The summed E-state index contributed by atoms with van der Waals surface area (Å²) in [5, 5.41) is 12.8. The molecule has 2 N–H and O–H groups in total. The van der Waals surface area contributed by atoms with Gasteiger partial charge >= 0.3 is 0 Å². The number of halogens is 6. The second-order valence-corrected chi connectivity index (χ2v) is 5.31. The number of alkyl halides is 2. The van der Waals surface area contributed by atoms with E-state index in [0.717, 1.165) is 6.07 Å². The van der Waals surface area contributed by atoms with Gasteiger partial charge in [0.25, 0.3) is 6.43 Å². The van der Waals surface area contributed by atoms with Crippen LogP contribution in [0.4, 0.5) is 13.2 Å². The number of rotatable bonds is 3. The molecule has 0 aromatic heterocycles. The quantitative estimate of drug-likeness (QED) is 0.800. The lowest BCUT2D eigenvalue weighted by atomic mass is 10.0. The van der Waals surface area contributed by atoms with Crippen LogP contribution >= 0.6 is 40.7 Å². The summed E-state index contributed by atoms with van der Waals surface area (Å²) in [7, 11) is 0. The zero-order chi connectivity index (χ0) is 14.0. The Morgan fingerprint density at radius 2 is 1.76 bits per heavy atom. The number of hydrogen-bond donors (Lipinski definition) is 2. The topological polar surface area (TPSA) is 35.5 Å². The molecule has 0 aliphatic carbocycles. The lowest BCUT2D eigenvalue weighted by molar-refractivity contribution is 0.0167. The molecule has 1 aliphatic heterocycles. The van der Waals surface area contributed by atoms with Crippen LogP contribution in [0.5, 0.6) is 5.75 Å². The molecule has 1 atom stereocenters. The second-order valence-electron chi connectivity index (χ2n) is 4.39. The fourth-order valence-electron chi connectivity index (χ4n) is 2.26. The lowest BCUT2D eigenvalue weighted by Crippen LogP contribution is -2.46. The van der Waals surface area contributed by atoms with E-state index >= 15 is 0 Å². The maximum Gasteiger partial charge on any atom is 0.258 e. The Labute approximate surface area is 141 Å². The fourth-order valence-corrected chi connectivity index (χ4v) is 2.71. The van der Waals surface area contributed by atoms with E-state index < -0.39 is 24.0 Å². The maximum atomic E-state index is 13.5. The third-order valence-corrected chi connectivity index (χ3v) is 3.62. The van der Waals surface area contributed by atoms with Crippen molar-refractivity contribution in [3.05, 3.63) is 28.0 Å². The van der Waals surface area contributed by atoms with Crippen molar-refractivity contribution < 1.29 is 18.3 Å². The zero-order valence-corrected chi connectivity index (χ0v) is 14.1. The normalized spacial score (nSPS) is 17.0. The van der Waals surface area contributed by atoms with Crippen molar-refractivity contribution in [3.8, 4) is 5.75 Å². The molecule has 21 heavy (non-hydrogen) atoms. The van der Waals surface area contributed by atoms with Crippen LogP contribution in [0.15, 0.2) is 16.6 Å². The molecule has 122 valence electrons. The number of benzene rings is 1. The molecule has 1 aliphatic rings. The van der Waals surface area contributed by atoms with Crippen molar-refractivity contribution in [1.82, 2.24) is 10.2 Å². The molecule has 9 heteroatoms. The predicted molar refractivity (Wildman–Crippen MR) is 83.4 cm³/mol. The number of nitrogens with zero attached hydrogens (tertiary/aromatic N) is 1. The first-order valence-electron chi connectivity index (χ1n) is 5.91. The summed E-state index contributed by atoms with van der Waals surface area (Å²) >= 11 is 3.06. The highest BCUT2D eigenvalue weighted by Crippen LogP contribution is 2.37.